The number of allylic oxidation sites excluding steroid dienone is 5. The molecule has 2 saturated carbocycles. The largest absolute Gasteiger partial charge is 0.481 e. The van der Waals surface area contributed by atoms with E-state index >= 15 is 0 Å². The van der Waals surface area contributed by atoms with Gasteiger partial charge in [0.15, 0.2) is 0 Å². The lowest BCUT2D eigenvalue weighted by atomic mass is 9.87. The summed E-state index contributed by atoms with van der Waals surface area (Å²) in [6.07, 6.45) is 31.0. The van der Waals surface area contributed by atoms with Crippen LogP contribution in [0.4, 0.5) is 4.39 Å². The third-order valence-electron chi connectivity index (χ3n) is 9.93. The number of carboxylic acid groups (broad SMARTS) is 2. The van der Waals surface area contributed by atoms with Crippen LogP contribution in [-0.2, 0) is 9.59 Å². The molecule has 2 rings (SSSR count). The summed E-state index contributed by atoms with van der Waals surface area (Å²) in [6.45, 7) is 7.34. The highest BCUT2D eigenvalue weighted by molar-refractivity contribution is 5.80. The fraction of sp³-hybridized carbons (Fsp3) is 0.700. The summed E-state index contributed by atoms with van der Waals surface area (Å²) in [4.78, 5) is 20.8. The second-order valence-electron chi connectivity index (χ2n) is 13.8. The first-order chi connectivity index (χ1) is 22.9. The Morgan fingerprint density at radius 1 is 0.854 bits per heavy atom. The molecule has 0 heterocycles. The molecule has 1 unspecified atom stereocenters. The first-order valence-electron chi connectivity index (χ1n) is 18.5. The zero-order valence-electron chi connectivity index (χ0n) is 29.7. The summed E-state index contributed by atoms with van der Waals surface area (Å²) >= 11 is 0. The minimum absolute atomic E-state index is 0.0544. The van der Waals surface area contributed by atoms with Crippen LogP contribution in [-0.4, -0.2) is 55.3 Å². The molecule has 0 radical (unpaired) electrons. The molecule has 0 saturated heterocycles. The second-order valence-corrected chi connectivity index (χ2v) is 13.8. The number of rotatable bonds is 23. The van der Waals surface area contributed by atoms with Crippen molar-refractivity contribution in [1.82, 2.24) is 0 Å². The summed E-state index contributed by atoms with van der Waals surface area (Å²) < 4.78 is 13.5. The maximum atomic E-state index is 13.5. The first-order valence-corrected chi connectivity index (χ1v) is 18.5. The molecule has 0 spiro atoms. The van der Waals surface area contributed by atoms with E-state index in [2.05, 4.69) is 19.6 Å². The standard InChI is InChI=1S/C20H31FO5.C20H34O2/c1-3-11-20(26,14(2)21)12-7-9-16-15(17(22)13-18(16)23)8-5-4-6-10-19(24)25;1-2-3-4-5-6-9-13-18-15-12-16-19(18)14-10-7-8-11-17-20(21)22/h4-5,7,9,15-18,22-23,26H,2-3,6,8,10-13H2,1H3,(H,24,25);7-8,11,17-19H,2-6,9-10,12-16H2,1H3,(H,21,22)/b5-4-,9-7+;/t15-,16-,17-,18-,20?;18-,19-/m10/s1. The molecule has 2 aliphatic rings. The Labute approximate surface area is 289 Å². The van der Waals surface area contributed by atoms with Crippen molar-refractivity contribution in [3.8, 4) is 0 Å². The van der Waals surface area contributed by atoms with E-state index in [1.54, 1.807) is 24.3 Å². The van der Waals surface area contributed by atoms with Gasteiger partial charge in [0, 0.05) is 31.3 Å². The molecule has 0 aromatic heterocycles. The van der Waals surface area contributed by atoms with Crippen molar-refractivity contribution in [2.75, 3.05) is 0 Å². The topological polar surface area (TPSA) is 135 Å². The van der Waals surface area contributed by atoms with Crippen LogP contribution in [0.5, 0.6) is 0 Å². The van der Waals surface area contributed by atoms with Gasteiger partial charge in [0.25, 0.3) is 0 Å². The highest BCUT2D eigenvalue weighted by Crippen LogP contribution is 2.39. The number of aliphatic hydroxyl groups excluding tert-OH is 2. The van der Waals surface area contributed by atoms with Gasteiger partial charge in [-0.15, -0.1) is 0 Å². The van der Waals surface area contributed by atoms with Crippen LogP contribution in [0.2, 0.25) is 0 Å². The van der Waals surface area contributed by atoms with Gasteiger partial charge in [0.2, 0.25) is 0 Å². The maximum absolute atomic E-state index is 13.5. The van der Waals surface area contributed by atoms with E-state index in [1.165, 1.54) is 76.7 Å². The van der Waals surface area contributed by atoms with E-state index in [4.69, 9.17) is 10.2 Å². The van der Waals surface area contributed by atoms with Crippen molar-refractivity contribution in [1.29, 1.82) is 0 Å². The summed E-state index contributed by atoms with van der Waals surface area (Å²) in [5, 5.41) is 47.8. The number of hydrogen-bond donors (Lipinski definition) is 5. The molecule has 2 fully saturated rings. The summed E-state index contributed by atoms with van der Waals surface area (Å²) in [5.41, 5.74) is -1.60. The fourth-order valence-corrected chi connectivity index (χ4v) is 7.15. The van der Waals surface area contributed by atoms with Crippen molar-refractivity contribution in [3.63, 3.8) is 0 Å². The Kier molecular flexibility index (Phi) is 23.0. The van der Waals surface area contributed by atoms with Gasteiger partial charge < -0.3 is 25.5 Å². The molecule has 0 aliphatic heterocycles. The number of aliphatic hydroxyl groups is 3. The lowest BCUT2D eigenvalue weighted by Gasteiger charge is -2.25. The summed E-state index contributed by atoms with van der Waals surface area (Å²) in [5.74, 6) is -1.14. The highest BCUT2D eigenvalue weighted by Gasteiger charge is 2.39. The highest BCUT2D eigenvalue weighted by atomic mass is 19.1. The molecule has 7 nitrogen and oxygen atoms in total. The summed E-state index contributed by atoms with van der Waals surface area (Å²) in [6, 6.07) is 0. The molecular formula is C40H65FO7. The van der Waals surface area contributed by atoms with Gasteiger partial charge in [-0.05, 0) is 49.9 Å². The Morgan fingerprint density at radius 3 is 2.19 bits per heavy atom. The maximum Gasteiger partial charge on any atom is 0.328 e. The van der Waals surface area contributed by atoms with Gasteiger partial charge in [-0.2, -0.15) is 0 Å². The van der Waals surface area contributed by atoms with Crippen LogP contribution < -0.4 is 0 Å². The van der Waals surface area contributed by atoms with Gasteiger partial charge >= 0.3 is 11.9 Å². The number of hydrogen-bond acceptors (Lipinski definition) is 5. The summed E-state index contributed by atoms with van der Waals surface area (Å²) in [7, 11) is 0. The zero-order valence-corrected chi connectivity index (χ0v) is 29.7. The van der Waals surface area contributed by atoms with E-state index in [9.17, 15) is 29.3 Å². The second kappa shape index (κ2) is 25.4. The van der Waals surface area contributed by atoms with Gasteiger partial charge in [0.1, 0.15) is 11.4 Å². The molecule has 2 aliphatic carbocycles. The number of unbranched alkanes of at least 4 members (excludes halogenated alkanes) is 5. The van der Waals surface area contributed by atoms with Crippen LogP contribution in [0.3, 0.4) is 0 Å². The average Bonchev–Trinajstić information content (AvgIpc) is 3.58. The van der Waals surface area contributed by atoms with Crippen LogP contribution in [0.15, 0.2) is 61.0 Å². The smallest absolute Gasteiger partial charge is 0.328 e. The molecule has 7 atom stereocenters. The molecule has 274 valence electrons. The molecule has 0 bridgehead atoms. The Balaban J connectivity index is 0.000000487. The van der Waals surface area contributed by atoms with Crippen LogP contribution >= 0.6 is 0 Å². The molecule has 0 aromatic rings. The molecule has 5 N–H and O–H groups in total. The molecular weight excluding hydrogens is 611 g/mol. The van der Waals surface area contributed by atoms with Crippen molar-refractivity contribution in [3.05, 3.63) is 61.0 Å². The first kappa shape index (κ1) is 43.5. The fourth-order valence-electron chi connectivity index (χ4n) is 7.15. The molecule has 48 heavy (non-hydrogen) atoms. The SMILES string of the molecule is C=C(F)C(O)(C/C=C/[C@@H]1[C@@H](C/C=C\CCC(=O)O)[C@H](O)C[C@H]1O)CCC.CCCCCCCC[C@H]1CCC[C@@H]1CCC=CC=CC(=O)O. The third-order valence-corrected chi connectivity index (χ3v) is 9.93. The number of carbonyl (C=O) groups is 2. The predicted molar refractivity (Wildman–Crippen MR) is 192 cm³/mol. The normalized spacial score (nSPS) is 25.6. The number of aliphatic carboxylic acids is 2. The van der Waals surface area contributed by atoms with E-state index in [0.29, 0.717) is 19.3 Å². The minimum atomic E-state index is -1.60. The van der Waals surface area contributed by atoms with Crippen molar-refractivity contribution < 1.29 is 39.5 Å². The van der Waals surface area contributed by atoms with Crippen molar-refractivity contribution in [2.45, 2.75) is 154 Å². The predicted octanol–water partition coefficient (Wildman–Crippen LogP) is 9.25. The number of halogens is 1. The molecule has 0 amide bonds. The van der Waals surface area contributed by atoms with E-state index in [0.717, 1.165) is 18.3 Å². The monoisotopic (exact) mass is 676 g/mol. The van der Waals surface area contributed by atoms with Crippen LogP contribution in [0.25, 0.3) is 0 Å². The van der Waals surface area contributed by atoms with E-state index in [-0.39, 0.29) is 37.5 Å². The molecule has 8 heteroatoms. The Bertz CT molecular complexity index is 1030. The van der Waals surface area contributed by atoms with Crippen molar-refractivity contribution in [2.24, 2.45) is 23.7 Å². The zero-order chi connectivity index (χ0) is 35.8. The van der Waals surface area contributed by atoms with Gasteiger partial charge in [-0.3, -0.25) is 4.79 Å². The molecule has 0 aromatic carbocycles. The van der Waals surface area contributed by atoms with E-state index in [1.807, 2.05) is 19.1 Å². The Morgan fingerprint density at radius 2 is 1.54 bits per heavy atom. The van der Waals surface area contributed by atoms with Gasteiger partial charge in [-0.1, -0.05) is 134 Å². The quantitative estimate of drug-likeness (QED) is 0.0315. The Hall–Kier alpha value is -2.55. The lowest BCUT2D eigenvalue weighted by molar-refractivity contribution is -0.137. The lowest BCUT2D eigenvalue weighted by Crippen LogP contribution is -2.28. The van der Waals surface area contributed by atoms with Crippen LogP contribution in [0.1, 0.15) is 136 Å². The van der Waals surface area contributed by atoms with Crippen molar-refractivity contribution >= 4 is 11.9 Å². The minimum Gasteiger partial charge on any atom is -0.481 e. The van der Waals surface area contributed by atoms with Crippen LogP contribution in [0, 0.1) is 23.7 Å². The van der Waals surface area contributed by atoms with Gasteiger partial charge in [-0.25, -0.2) is 9.18 Å². The average molecular weight is 677 g/mol. The third kappa shape index (κ3) is 18.3. The van der Waals surface area contributed by atoms with Gasteiger partial charge in [0.05, 0.1) is 12.2 Å². The van der Waals surface area contributed by atoms with E-state index < -0.39 is 35.6 Å². The number of carboxylic acids is 2.